The molecular formula is C84H62N4O8. The average molecular weight is 1260 g/mol. The van der Waals surface area contributed by atoms with Gasteiger partial charge in [0.2, 0.25) is 0 Å². The zero-order chi connectivity index (χ0) is 65.0. The van der Waals surface area contributed by atoms with Crippen LogP contribution in [0, 0.1) is 0 Å². The van der Waals surface area contributed by atoms with Crippen LogP contribution in [0.3, 0.4) is 0 Å². The van der Waals surface area contributed by atoms with Gasteiger partial charge in [0.25, 0.3) is 0 Å². The molecule has 0 atom stereocenters. The van der Waals surface area contributed by atoms with Crippen molar-refractivity contribution in [2.75, 3.05) is 56.9 Å². The predicted octanol–water partition coefficient (Wildman–Crippen LogP) is 20.6. The van der Waals surface area contributed by atoms with E-state index in [0.717, 1.165) is 153 Å². The lowest BCUT2D eigenvalue weighted by Crippen LogP contribution is -1.94. The van der Waals surface area contributed by atoms with E-state index in [0.29, 0.717) is 68.8 Å². The lowest BCUT2D eigenvalue weighted by atomic mass is 9.90. The third kappa shape index (κ3) is 8.96. The zero-order valence-electron chi connectivity index (χ0n) is 53.9. The van der Waals surface area contributed by atoms with Crippen molar-refractivity contribution in [2.45, 2.75) is 0 Å². The summed E-state index contributed by atoms with van der Waals surface area (Å²) in [5.41, 5.74) is 15.7. The Morgan fingerprint density at radius 3 is 0.625 bits per heavy atom. The minimum atomic E-state index is 0.577. The summed E-state index contributed by atoms with van der Waals surface area (Å²) in [6.45, 7) is 0. The van der Waals surface area contributed by atoms with Crippen molar-refractivity contribution in [3.05, 3.63) is 218 Å². The summed E-state index contributed by atoms with van der Waals surface area (Å²) < 4.78 is 50.2. The standard InChI is InChI=1S/C84H62N4O8/c1-89-53-25-29-57(69(41-53)93-5)73-77-61-33-45-17-9-11-19-47(45)35-63(61)79(85-77)74(58-30-26-54(90-2)42-70(58)94-6)81-65-37-49-21-13-15-23-51(49)39-67(65)83(87-81)76(60-32-28-56(92-4)44-72(60)96-8)84-68-40-52-24-16-14-22-50(52)38-66(68)82(88-84)75(59-31-27-55(91-3)43-71(59)95-7)80-64-36-48-20-12-10-18-46(48)34-62(64)78(73)86-80/h9-44,85,88H,1-8H3. The number of benzene rings is 12. The molecule has 1 aliphatic carbocycles. The van der Waals surface area contributed by atoms with Gasteiger partial charge in [-0.2, -0.15) is 0 Å². The van der Waals surface area contributed by atoms with Gasteiger partial charge in [-0.05, 0) is 140 Å². The smallest absolute Gasteiger partial charge is 0.130 e. The molecule has 8 bridgehead atoms. The largest absolute Gasteiger partial charge is 0.497 e. The highest BCUT2D eigenvalue weighted by Gasteiger charge is 2.34. The molecular weight excluding hydrogens is 1190 g/mol. The molecule has 96 heavy (non-hydrogen) atoms. The molecule has 0 fully saturated rings. The van der Waals surface area contributed by atoms with Crippen LogP contribution in [-0.4, -0.2) is 76.8 Å². The van der Waals surface area contributed by atoms with Crippen molar-refractivity contribution in [3.63, 3.8) is 0 Å². The second kappa shape index (κ2) is 22.8. The lowest BCUT2D eigenvalue weighted by molar-refractivity contribution is 0.395. The van der Waals surface area contributed by atoms with Crippen molar-refractivity contribution < 1.29 is 37.9 Å². The van der Waals surface area contributed by atoms with E-state index >= 15 is 0 Å². The highest BCUT2D eigenvalue weighted by atomic mass is 16.5. The molecule has 0 unspecified atom stereocenters. The number of aromatic amines is 2. The van der Waals surface area contributed by atoms with Gasteiger partial charge in [0.05, 0.1) is 102 Å². The van der Waals surface area contributed by atoms with E-state index in [1.807, 2.05) is 48.5 Å². The third-order valence-electron chi connectivity index (χ3n) is 19.2. The van der Waals surface area contributed by atoms with Crippen LogP contribution in [0.4, 0.5) is 0 Å². The van der Waals surface area contributed by atoms with Crippen LogP contribution in [0.5, 0.6) is 46.0 Å². The predicted molar refractivity (Wildman–Crippen MR) is 389 cm³/mol. The molecule has 0 spiro atoms. The van der Waals surface area contributed by atoms with Crippen LogP contribution in [0.1, 0.15) is 0 Å². The molecule has 0 saturated carbocycles. The minimum absolute atomic E-state index is 0.577. The number of ether oxygens (including phenoxy) is 8. The maximum atomic E-state index is 6.56. The van der Waals surface area contributed by atoms with Crippen molar-refractivity contribution in [2.24, 2.45) is 0 Å². The summed E-state index contributed by atoms with van der Waals surface area (Å²) in [4.78, 5) is 21.1. The van der Waals surface area contributed by atoms with Gasteiger partial charge in [-0.15, -0.1) is 0 Å². The Morgan fingerprint density at radius 1 is 0.219 bits per heavy atom. The number of hydrogen-bond donors (Lipinski definition) is 2. The molecule has 0 saturated heterocycles. The number of nitrogens with zero attached hydrogens (tertiary/aromatic N) is 2. The van der Waals surface area contributed by atoms with Gasteiger partial charge in [0.1, 0.15) is 46.0 Å². The van der Waals surface area contributed by atoms with Crippen molar-refractivity contribution in [1.29, 1.82) is 0 Å². The van der Waals surface area contributed by atoms with Crippen LogP contribution in [0.15, 0.2) is 218 Å². The highest BCUT2D eigenvalue weighted by molar-refractivity contribution is 6.25. The van der Waals surface area contributed by atoms with Gasteiger partial charge in [-0.25, -0.2) is 9.97 Å². The first kappa shape index (κ1) is 57.6. The van der Waals surface area contributed by atoms with Crippen LogP contribution in [0.2, 0.25) is 0 Å². The zero-order valence-corrected chi connectivity index (χ0v) is 53.9. The van der Waals surface area contributed by atoms with E-state index in [1.54, 1.807) is 56.9 Å². The van der Waals surface area contributed by atoms with Gasteiger partial charge < -0.3 is 47.9 Å². The van der Waals surface area contributed by atoms with E-state index < -0.39 is 0 Å². The minimum Gasteiger partial charge on any atom is -0.497 e. The topological polar surface area (TPSA) is 131 Å². The molecule has 12 nitrogen and oxygen atoms in total. The average Bonchev–Trinajstić information content (AvgIpc) is 1.55. The first-order valence-electron chi connectivity index (χ1n) is 31.7. The van der Waals surface area contributed by atoms with Crippen molar-refractivity contribution in [3.8, 4) is 136 Å². The molecule has 2 aromatic heterocycles. The number of methoxy groups -OCH3 is 8. The Hall–Kier alpha value is -12.3. The van der Waals surface area contributed by atoms with Gasteiger partial charge in [-0.1, -0.05) is 97.1 Å². The molecule has 466 valence electrons. The Morgan fingerprint density at radius 2 is 0.427 bits per heavy atom. The second-order valence-electron chi connectivity index (χ2n) is 24.1. The van der Waals surface area contributed by atoms with Gasteiger partial charge in [0, 0.05) is 113 Å². The fourth-order valence-corrected chi connectivity index (χ4v) is 14.6. The first-order chi connectivity index (χ1) is 47.2. The van der Waals surface area contributed by atoms with Crippen molar-refractivity contribution >= 4 is 86.7 Å². The molecule has 17 rings (SSSR count). The molecule has 12 aromatic carbocycles. The number of nitrogens with one attached hydrogen (secondary N) is 2. The van der Waals surface area contributed by atoms with Crippen LogP contribution < -0.4 is 37.9 Å². The summed E-state index contributed by atoms with van der Waals surface area (Å²) in [5.74, 6) is 4.83. The van der Waals surface area contributed by atoms with Crippen LogP contribution >= 0.6 is 0 Å². The number of rotatable bonds is 12. The Bertz CT molecular complexity index is 5270. The Labute approximate surface area is 552 Å². The fourth-order valence-electron chi connectivity index (χ4n) is 14.6. The molecule has 14 aromatic rings. The lowest BCUT2D eigenvalue weighted by Gasteiger charge is -2.14. The summed E-state index contributed by atoms with van der Waals surface area (Å²) in [7, 11) is 13.5. The van der Waals surface area contributed by atoms with Gasteiger partial charge in [-0.3, -0.25) is 0 Å². The quantitative estimate of drug-likeness (QED) is 0.122. The van der Waals surface area contributed by atoms with E-state index in [9.17, 15) is 0 Å². The summed E-state index contributed by atoms with van der Waals surface area (Å²) in [6.07, 6.45) is 0. The summed E-state index contributed by atoms with van der Waals surface area (Å²) in [6, 6.07) is 76.4. The van der Waals surface area contributed by atoms with E-state index in [4.69, 9.17) is 47.9 Å². The molecule has 12 heteroatoms. The SMILES string of the molecule is COc1ccc(-c2c3nc(c(-c4ccc(OC)cc4OC)c4[nH]c(c(-c5ccc(OC)cc5OC)c5nc(c(-c6ccc(OC)cc6OC)c6[nH]c2c2cc7ccccc7cc62)-c2cc6ccccc6cc2-5)c2cc5ccccc5cc42)-c2cc4ccccc4cc2-3)c(OC)c1. The summed E-state index contributed by atoms with van der Waals surface area (Å²) in [5, 5.41) is 12.0. The van der Waals surface area contributed by atoms with E-state index in [2.05, 4.69) is 180 Å². The van der Waals surface area contributed by atoms with Gasteiger partial charge in [0.15, 0.2) is 0 Å². The number of hydrogen-bond acceptors (Lipinski definition) is 10. The second-order valence-corrected chi connectivity index (χ2v) is 24.1. The first-order valence-corrected chi connectivity index (χ1v) is 31.7. The highest BCUT2D eigenvalue weighted by Crippen LogP contribution is 2.56. The Balaban J connectivity index is 1.25. The maximum Gasteiger partial charge on any atom is 0.130 e. The molecule has 2 N–H and O–H groups in total. The normalized spacial score (nSPS) is 11.8. The number of aromatic nitrogens is 4. The fraction of sp³-hybridized carbons (Fsp3) is 0.0952. The molecule has 0 amide bonds. The van der Waals surface area contributed by atoms with E-state index in [1.165, 1.54) is 0 Å². The maximum absolute atomic E-state index is 6.56. The molecule has 3 aliphatic rings. The monoisotopic (exact) mass is 1250 g/mol. The number of fused-ring (bicyclic) bond motifs is 4. The molecule has 4 heterocycles. The molecule has 0 radical (unpaired) electrons. The van der Waals surface area contributed by atoms with E-state index in [-0.39, 0.29) is 0 Å². The summed E-state index contributed by atoms with van der Waals surface area (Å²) >= 11 is 0. The van der Waals surface area contributed by atoms with Crippen molar-refractivity contribution in [1.82, 2.24) is 19.9 Å². The van der Waals surface area contributed by atoms with Gasteiger partial charge >= 0.3 is 0 Å². The molecule has 2 aliphatic heterocycles. The third-order valence-corrected chi connectivity index (χ3v) is 19.2. The number of H-pyrrole nitrogens is 2. The van der Waals surface area contributed by atoms with Crippen LogP contribution in [0.25, 0.3) is 176 Å². The van der Waals surface area contributed by atoms with Crippen LogP contribution in [-0.2, 0) is 0 Å². The Kier molecular flexibility index (Phi) is 13.7.